The molecule has 0 bridgehead atoms. The van der Waals surface area contributed by atoms with Crippen molar-refractivity contribution >= 4 is 5.82 Å². The molecule has 0 amide bonds. The first kappa shape index (κ1) is 15.0. The molecule has 1 aliphatic carbocycles. The molecule has 1 heterocycles. The molecule has 0 aliphatic heterocycles. The van der Waals surface area contributed by atoms with E-state index < -0.39 is 0 Å². The summed E-state index contributed by atoms with van der Waals surface area (Å²) < 4.78 is 1.76. The van der Waals surface area contributed by atoms with Gasteiger partial charge >= 0.3 is 0 Å². The van der Waals surface area contributed by atoms with E-state index in [0.717, 1.165) is 19.4 Å². The molecule has 2 rings (SSSR count). The molecular weight excluding hydrogens is 252 g/mol. The number of aromatic nitrogens is 2. The molecule has 5 heteroatoms. The van der Waals surface area contributed by atoms with Gasteiger partial charge in [-0.1, -0.05) is 20.3 Å². The fraction of sp³-hybridized carbons (Fsp3) is 0.733. The molecule has 112 valence electrons. The standard InChI is InChI=1S/C15H26N4O/c1-11(2)10-19-8-7-17-14(15(19)20)18(3)13-6-4-5-12(13)9-16/h7-8,11-13H,4-6,9-10,16H2,1-3H3. The van der Waals surface area contributed by atoms with Gasteiger partial charge in [0.25, 0.3) is 5.56 Å². The topological polar surface area (TPSA) is 64.2 Å². The smallest absolute Gasteiger partial charge is 0.293 e. The molecule has 1 aliphatic rings. The largest absolute Gasteiger partial charge is 0.352 e. The molecule has 1 aromatic rings. The number of rotatable bonds is 5. The molecule has 2 N–H and O–H groups in total. The predicted molar refractivity (Wildman–Crippen MR) is 81.9 cm³/mol. The van der Waals surface area contributed by atoms with Gasteiger partial charge < -0.3 is 15.2 Å². The van der Waals surface area contributed by atoms with Crippen LogP contribution in [0.2, 0.25) is 0 Å². The molecule has 5 nitrogen and oxygen atoms in total. The molecule has 0 saturated heterocycles. The van der Waals surface area contributed by atoms with Crippen LogP contribution in [0.15, 0.2) is 17.2 Å². The molecule has 0 aromatic carbocycles. The van der Waals surface area contributed by atoms with Gasteiger partial charge in [-0.25, -0.2) is 4.98 Å². The zero-order valence-electron chi connectivity index (χ0n) is 12.7. The van der Waals surface area contributed by atoms with Crippen molar-refractivity contribution in [3.05, 3.63) is 22.7 Å². The minimum absolute atomic E-state index is 0.00590. The zero-order chi connectivity index (χ0) is 14.7. The Labute approximate surface area is 120 Å². The van der Waals surface area contributed by atoms with Crippen LogP contribution in [0.3, 0.4) is 0 Å². The second kappa shape index (κ2) is 6.39. The van der Waals surface area contributed by atoms with Crippen LogP contribution in [0.4, 0.5) is 5.82 Å². The molecule has 1 fully saturated rings. The van der Waals surface area contributed by atoms with Crippen LogP contribution in [0, 0.1) is 11.8 Å². The number of anilines is 1. The Morgan fingerprint density at radius 1 is 1.50 bits per heavy atom. The van der Waals surface area contributed by atoms with Crippen molar-refractivity contribution in [1.29, 1.82) is 0 Å². The molecule has 2 atom stereocenters. The summed E-state index contributed by atoms with van der Waals surface area (Å²) in [4.78, 5) is 18.9. The zero-order valence-corrected chi connectivity index (χ0v) is 12.7. The van der Waals surface area contributed by atoms with Gasteiger partial charge in [0.05, 0.1) is 0 Å². The van der Waals surface area contributed by atoms with E-state index in [1.807, 2.05) is 11.9 Å². The van der Waals surface area contributed by atoms with Crippen LogP contribution in [0.5, 0.6) is 0 Å². The highest BCUT2D eigenvalue weighted by Gasteiger charge is 2.31. The van der Waals surface area contributed by atoms with Crippen LogP contribution >= 0.6 is 0 Å². The predicted octanol–water partition coefficient (Wildman–Crippen LogP) is 1.46. The van der Waals surface area contributed by atoms with Gasteiger partial charge in [-0.3, -0.25) is 4.79 Å². The van der Waals surface area contributed by atoms with E-state index in [1.54, 1.807) is 17.0 Å². The fourth-order valence-electron chi connectivity index (χ4n) is 3.17. The van der Waals surface area contributed by atoms with Crippen molar-refractivity contribution in [1.82, 2.24) is 9.55 Å². The second-order valence-electron chi connectivity index (χ2n) is 6.21. The lowest BCUT2D eigenvalue weighted by Gasteiger charge is -2.29. The number of hydrogen-bond donors (Lipinski definition) is 1. The average Bonchev–Trinajstić information content (AvgIpc) is 2.88. The van der Waals surface area contributed by atoms with E-state index in [-0.39, 0.29) is 5.56 Å². The van der Waals surface area contributed by atoms with Crippen LogP contribution < -0.4 is 16.2 Å². The number of nitrogens with two attached hydrogens (primary N) is 1. The van der Waals surface area contributed by atoms with E-state index in [2.05, 4.69) is 18.8 Å². The molecule has 1 saturated carbocycles. The summed E-state index contributed by atoms with van der Waals surface area (Å²) in [5.74, 6) is 1.47. The number of hydrogen-bond acceptors (Lipinski definition) is 4. The summed E-state index contributed by atoms with van der Waals surface area (Å²) in [6.07, 6.45) is 6.93. The summed E-state index contributed by atoms with van der Waals surface area (Å²) in [5.41, 5.74) is 5.85. The second-order valence-corrected chi connectivity index (χ2v) is 6.21. The highest BCUT2D eigenvalue weighted by Crippen LogP contribution is 2.29. The first-order valence-corrected chi connectivity index (χ1v) is 7.53. The lowest BCUT2D eigenvalue weighted by Crippen LogP contribution is -2.42. The Kier molecular flexibility index (Phi) is 4.81. The molecule has 0 radical (unpaired) electrons. The lowest BCUT2D eigenvalue weighted by atomic mass is 10.0. The van der Waals surface area contributed by atoms with Gasteiger partial charge in [-0.2, -0.15) is 0 Å². The summed E-state index contributed by atoms with van der Waals surface area (Å²) in [6.45, 7) is 5.63. The SMILES string of the molecule is CC(C)Cn1ccnc(N(C)C2CCCC2CN)c1=O. The van der Waals surface area contributed by atoms with Crippen molar-refractivity contribution in [2.24, 2.45) is 17.6 Å². The Morgan fingerprint density at radius 3 is 2.90 bits per heavy atom. The maximum atomic E-state index is 12.5. The Hall–Kier alpha value is -1.36. The van der Waals surface area contributed by atoms with Crippen molar-refractivity contribution in [3.8, 4) is 0 Å². The first-order chi connectivity index (χ1) is 9.54. The molecular formula is C15H26N4O. The van der Waals surface area contributed by atoms with Gasteiger partial charge in [-0.15, -0.1) is 0 Å². The fourth-order valence-corrected chi connectivity index (χ4v) is 3.17. The van der Waals surface area contributed by atoms with Crippen molar-refractivity contribution in [2.75, 3.05) is 18.5 Å². The third-order valence-corrected chi connectivity index (χ3v) is 4.21. The molecule has 2 unspecified atom stereocenters. The lowest BCUT2D eigenvalue weighted by molar-refractivity contribution is 0.466. The normalized spacial score (nSPS) is 22.4. The van der Waals surface area contributed by atoms with Crippen LogP contribution in [0.1, 0.15) is 33.1 Å². The molecule has 0 spiro atoms. The maximum Gasteiger partial charge on any atom is 0.293 e. The summed E-state index contributed by atoms with van der Waals surface area (Å²) in [6, 6.07) is 0.343. The minimum atomic E-state index is 0.00590. The molecule has 1 aromatic heterocycles. The highest BCUT2D eigenvalue weighted by atomic mass is 16.1. The average molecular weight is 278 g/mol. The van der Waals surface area contributed by atoms with Crippen molar-refractivity contribution in [2.45, 2.75) is 45.7 Å². The Morgan fingerprint density at radius 2 is 2.25 bits per heavy atom. The third-order valence-electron chi connectivity index (χ3n) is 4.21. The summed E-state index contributed by atoms with van der Waals surface area (Å²) in [5, 5.41) is 0. The Bertz CT molecular complexity index is 497. The maximum absolute atomic E-state index is 12.5. The van der Waals surface area contributed by atoms with Crippen molar-refractivity contribution in [3.63, 3.8) is 0 Å². The molecule has 20 heavy (non-hydrogen) atoms. The van der Waals surface area contributed by atoms with E-state index in [4.69, 9.17) is 5.73 Å². The van der Waals surface area contributed by atoms with Crippen LogP contribution in [-0.2, 0) is 6.54 Å². The van der Waals surface area contributed by atoms with E-state index >= 15 is 0 Å². The monoisotopic (exact) mass is 278 g/mol. The van der Waals surface area contributed by atoms with Gasteiger partial charge in [-0.05, 0) is 31.2 Å². The first-order valence-electron chi connectivity index (χ1n) is 7.53. The van der Waals surface area contributed by atoms with Crippen LogP contribution in [0.25, 0.3) is 0 Å². The van der Waals surface area contributed by atoms with Gasteiger partial charge in [0.2, 0.25) is 0 Å². The summed E-state index contributed by atoms with van der Waals surface area (Å²) >= 11 is 0. The number of nitrogens with zero attached hydrogens (tertiary/aromatic N) is 3. The summed E-state index contributed by atoms with van der Waals surface area (Å²) in [7, 11) is 1.97. The Balaban J connectivity index is 2.26. The minimum Gasteiger partial charge on any atom is -0.352 e. The van der Waals surface area contributed by atoms with Crippen molar-refractivity contribution < 1.29 is 0 Å². The third kappa shape index (κ3) is 3.03. The van der Waals surface area contributed by atoms with Gasteiger partial charge in [0.1, 0.15) is 0 Å². The van der Waals surface area contributed by atoms with Gasteiger partial charge in [0, 0.05) is 32.0 Å². The highest BCUT2D eigenvalue weighted by molar-refractivity contribution is 5.36. The van der Waals surface area contributed by atoms with E-state index in [0.29, 0.717) is 30.2 Å². The van der Waals surface area contributed by atoms with Gasteiger partial charge in [0.15, 0.2) is 5.82 Å². The van der Waals surface area contributed by atoms with Crippen LogP contribution in [-0.4, -0.2) is 29.2 Å². The van der Waals surface area contributed by atoms with E-state index in [9.17, 15) is 4.79 Å². The van der Waals surface area contributed by atoms with E-state index in [1.165, 1.54) is 6.42 Å². The quantitative estimate of drug-likeness (QED) is 0.885.